The van der Waals surface area contributed by atoms with Crippen LogP contribution < -0.4 is 30.6 Å². The third kappa shape index (κ3) is 13.8. The van der Waals surface area contributed by atoms with Gasteiger partial charge >= 0.3 is 58.4 Å². The Morgan fingerprint density at radius 2 is 0.404 bits per heavy atom. The molecule has 6 aromatic heterocycles. The Morgan fingerprint density at radius 3 is 0.509 bits per heavy atom. The Bertz CT molecular complexity index is 2000. The van der Waals surface area contributed by atoms with Gasteiger partial charge in [-0.05, 0) is 36.4 Å². The van der Waals surface area contributed by atoms with Gasteiger partial charge in [0.2, 0.25) is 0 Å². The number of carboxylic acids is 6. The number of rotatable bonds is 9. The number of aromatic nitrogens is 12. The van der Waals surface area contributed by atoms with Crippen molar-refractivity contribution in [3.8, 4) is 34.9 Å². The van der Waals surface area contributed by atoms with E-state index in [2.05, 4.69) is 59.8 Å². The zero-order valence-electron chi connectivity index (χ0n) is 27.3. The summed E-state index contributed by atoms with van der Waals surface area (Å²) in [4.78, 5) is 108. The number of hydrogen-bond donors (Lipinski definition) is 0. The Labute approximate surface area is 354 Å². The summed E-state index contributed by atoms with van der Waals surface area (Å²) in [6.45, 7) is 0. The van der Waals surface area contributed by atoms with Crippen LogP contribution in [0.15, 0.2) is 73.6 Å². The second-order valence-electron chi connectivity index (χ2n) is 9.32. The van der Waals surface area contributed by atoms with Gasteiger partial charge in [-0.3, -0.25) is 0 Å². The van der Waals surface area contributed by atoms with Crippen molar-refractivity contribution in [1.29, 1.82) is 0 Å². The summed E-state index contributed by atoms with van der Waals surface area (Å²) in [7, 11) is 0. The Hall–Kier alpha value is -6.83. The molecule has 6 rings (SSSR count). The first-order valence-electron chi connectivity index (χ1n) is 14.0. The zero-order chi connectivity index (χ0) is 39.4. The fourth-order valence-electron chi connectivity index (χ4n) is 3.48. The van der Waals surface area contributed by atoms with Gasteiger partial charge in [-0.2, -0.15) is 0 Å². The van der Waals surface area contributed by atoms with Gasteiger partial charge in [0.15, 0.2) is 34.9 Å². The van der Waals surface area contributed by atoms with Gasteiger partial charge in [-0.25, -0.2) is 59.8 Å². The molecule has 0 saturated heterocycles. The molecule has 0 saturated carbocycles. The smallest absolute Gasteiger partial charge is 0.543 e. The van der Waals surface area contributed by atoms with E-state index in [4.69, 9.17) is 0 Å². The van der Waals surface area contributed by atoms with Crippen LogP contribution in [-0.2, 0) is 58.4 Å². The van der Waals surface area contributed by atoms with Gasteiger partial charge in [-0.15, -0.1) is 0 Å². The molecule has 6 heterocycles. The maximum Gasteiger partial charge on any atom is 2.00 e. The molecule has 0 aliphatic heterocycles. The number of carboxylic acid groups (broad SMARTS) is 6. The van der Waals surface area contributed by atoms with E-state index in [0.717, 1.165) is 36.4 Å². The fraction of sp³-hybridized carbons (Fsp3) is 0. The van der Waals surface area contributed by atoms with Crippen molar-refractivity contribution >= 4 is 35.8 Å². The molecule has 0 unspecified atom stereocenters. The average molecular weight is 1040 g/mol. The molecule has 0 fully saturated rings. The molecule has 0 amide bonds. The predicted octanol–water partition coefficient (Wildman–Crippen LogP) is -7.03. The maximum absolute atomic E-state index is 10.6. The largest absolute Gasteiger partial charge is 2.00 e. The Kier molecular flexibility index (Phi) is 19.0. The zero-order valence-corrected chi connectivity index (χ0v) is 32.5. The average Bonchev–Trinajstić information content (AvgIpc) is 3.18. The van der Waals surface area contributed by atoms with Crippen LogP contribution in [0.4, 0.5) is 0 Å². The molecule has 0 radical (unpaired) electrons. The van der Waals surface area contributed by atoms with Gasteiger partial charge in [0.05, 0.1) is 70.0 Å². The molecule has 57 heavy (non-hydrogen) atoms. The Morgan fingerprint density at radius 1 is 0.281 bits per heavy atom. The van der Waals surface area contributed by atoms with Crippen molar-refractivity contribution in [1.82, 2.24) is 59.8 Å². The number of carbonyl (C=O) groups is 6. The van der Waals surface area contributed by atoms with Gasteiger partial charge in [-0.1, -0.05) is 0 Å². The van der Waals surface area contributed by atoms with E-state index >= 15 is 0 Å². The van der Waals surface area contributed by atoms with Crippen LogP contribution in [-0.4, -0.2) is 95.6 Å². The molecule has 288 valence electrons. The fourth-order valence-corrected chi connectivity index (χ4v) is 3.48. The van der Waals surface area contributed by atoms with E-state index in [0.29, 0.717) is 0 Å². The molecule has 0 aliphatic carbocycles. The molecule has 24 nitrogen and oxygen atoms in total. The van der Waals surface area contributed by atoms with Gasteiger partial charge in [0, 0.05) is 37.2 Å². The summed E-state index contributed by atoms with van der Waals surface area (Å²) in [5, 5.41) is 63.7. The van der Waals surface area contributed by atoms with Crippen molar-refractivity contribution in [2.24, 2.45) is 0 Å². The first kappa shape index (κ1) is 48.2. The number of nitrogens with zero attached hydrogens (tertiary/aromatic N) is 12. The van der Waals surface area contributed by atoms with Crippen molar-refractivity contribution in [3.63, 3.8) is 0 Å². The van der Waals surface area contributed by atoms with Crippen LogP contribution in [0.3, 0.4) is 0 Å². The molecule has 27 heteroatoms. The van der Waals surface area contributed by atoms with Crippen LogP contribution in [0, 0.1) is 0 Å². The number of carbonyl (C=O) groups excluding carboxylic acids is 6. The van der Waals surface area contributed by atoms with E-state index in [-0.39, 0.29) is 128 Å². The second kappa shape index (κ2) is 22.5. The van der Waals surface area contributed by atoms with E-state index in [1.165, 1.54) is 37.2 Å². The first-order valence-corrected chi connectivity index (χ1v) is 14.0. The summed E-state index contributed by atoms with van der Waals surface area (Å²) in [6.07, 6.45) is 7.10. The summed E-state index contributed by atoms with van der Waals surface area (Å²) in [6, 6.07) is 6.84. The minimum atomic E-state index is -1.48. The maximum atomic E-state index is 10.6. The van der Waals surface area contributed by atoms with Crippen LogP contribution in [0.1, 0.15) is 62.9 Å². The third-order valence-electron chi connectivity index (χ3n) is 5.79. The predicted molar refractivity (Wildman–Crippen MR) is 155 cm³/mol. The molecule has 0 aliphatic rings. The monoisotopic (exact) mass is 1040 g/mol. The first-order chi connectivity index (χ1) is 25.7. The van der Waals surface area contributed by atoms with E-state index in [1.807, 2.05) is 0 Å². The summed E-state index contributed by atoms with van der Waals surface area (Å²) in [5.41, 5.74) is -2.07. The van der Waals surface area contributed by atoms with Gasteiger partial charge in [0.25, 0.3) is 0 Å². The minimum Gasteiger partial charge on any atom is -0.543 e. The molecule has 0 bridgehead atoms. The van der Waals surface area contributed by atoms with E-state index in [9.17, 15) is 59.4 Å². The Balaban J connectivity index is 0.000000417. The molecular formula is C30H12N12O12Ru3. The van der Waals surface area contributed by atoms with Crippen LogP contribution in [0.25, 0.3) is 34.9 Å². The summed E-state index contributed by atoms with van der Waals surface area (Å²) < 4.78 is 0. The molecule has 0 atom stereocenters. The minimum absolute atomic E-state index is 0. The van der Waals surface area contributed by atoms with Crippen LogP contribution in [0.5, 0.6) is 0 Å². The summed E-state index contributed by atoms with van der Waals surface area (Å²) in [5.74, 6) is -9.53. The molecule has 6 aromatic rings. The normalized spacial score (nSPS) is 9.47. The van der Waals surface area contributed by atoms with Crippen LogP contribution in [0.2, 0.25) is 0 Å². The molecule has 0 spiro atoms. The van der Waals surface area contributed by atoms with Crippen molar-refractivity contribution in [3.05, 3.63) is 108 Å². The third-order valence-corrected chi connectivity index (χ3v) is 5.79. The number of aromatic carboxylic acids is 6. The quantitative estimate of drug-likeness (QED) is 0.121. The number of hydrogen-bond acceptors (Lipinski definition) is 24. The van der Waals surface area contributed by atoms with E-state index < -0.39 is 35.8 Å². The molecule has 0 N–H and O–H groups in total. The topological polar surface area (TPSA) is 395 Å². The van der Waals surface area contributed by atoms with Crippen molar-refractivity contribution in [2.45, 2.75) is 0 Å². The standard InChI is InChI=1S/3C10H6N4O4.3Ru/c3*15-9(16)5-1-3-11-7(13-5)8-12-4-2-6(14-8)10(17)18;;;/h3*1-4H,(H,15,16)(H,17,18);;;/q;;;3*+2/p-6. The molecular weight excluding hydrogens is 1020 g/mol. The van der Waals surface area contributed by atoms with Crippen molar-refractivity contribution < 1.29 is 118 Å². The second-order valence-corrected chi connectivity index (χ2v) is 9.32. The van der Waals surface area contributed by atoms with Crippen molar-refractivity contribution in [2.75, 3.05) is 0 Å². The van der Waals surface area contributed by atoms with Crippen LogP contribution >= 0.6 is 0 Å². The van der Waals surface area contributed by atoms with Gasteiger partial charge < -0.3 is 59.4 Å². The van der Waals surface area contributed by atoms with E-state index in [1.54, 1.807) is 0 Å². The SMILES string of the molecule is O=C([O-])c1ccnc(-c2nccc(C(=O)[O-])n2)n1.O=C([O-])c1ccnc(-c2nccc(C(=O)[O-])n2)n1.O=C([O-])c1ccnc(-c2nccc(C(=O)[O-])n2)n1.[Ru+2].[Ru+2].[Ru+2]. The van der Waals surface area contributed by atoms with Gasteiger partial charge in [0.1, 0.15) is 0 Å². The molecule has 0 aromatic carbocycles. The summed E-state index contributed by atoms with van der Waals surface area (Å²) >= 11 is 0.